The van der Waals surface area contributed by atoms with Crippen LogP contribution in [0.1, 0.15) is 19.4 Å². The number of halogens is 1. The molecule has 2 aromatic rings. The van der Waals surface area contributed by atoms with Crippen molar-refractivity contribution in [2.24, 2.45) is 0 Å². The summed E-state index contributed by atoms with van der Waals surface area (Å²) in [7, 11) is 0. The molecule has 0 aliphatic rings. The summed E-state index contributed by atoms with van der Waals surface area (Å²) in [6.07, 6.45) is 1.36. The van der Waals surface area contributed by atoms with E-state index in [0.717, 1.165) is 0 Å². The van der Waals surface area contributed by atoms with Gasteiger partial charge in [0.1, 0.15) is 11.6 Å². The molecular formula is C20H16IN3O6. The molecule has 154 valence electrons. The molecule has 2 aromatic carbocycles. The van der Waals surface area contributed by atoms with Gasteiger partial charge in [0.15, 0.2) is 11.5 Å². The molecule has 0 spiro atoms. The third-order valence-corrected chi connectivity index (χ3v) is 4.39. The normalized spacial score (nSPS) is 10.7. The Morgan fingerprint density at radius 2 is 1.97 bits per heavy atom. The average Bonchev–Trinajstić information content (AvgIpc) is 2.69. The molecule has 0 aromatic heterocycles. The van der Waals surface area contributed by atoms with E-state index in [-0.39, 0.29) is 17.0 Å². The molecule has 1 amide bonds. The van der Waals surface area contributed by atoms with Gasteiger partial charge in [-0.15, -0.1) is 0 Å². The Kier molecular flexibility index (Phi) is 7.88. The van der Waals surface area contributed by atoms with Gasteiger partial charge in [-0.05, 0) is 65.4 Å². The lowest BCUT2D eigenvalue weighted by Gasteiger charge is -2.13. The summed E-state index contributed by atoms with van der Waals surface area (Å²) in [5, 5.41) is 22.6. The summed E-state index contributed by atoms with van der Waals surface area (Å²) in [6.45, 7) is 3.37. The van der Waals surface area contributed by atoms with E-state index in [9.17, 15) is 25.0 Å². The molecule has 0 aliphatic heterocycles. The van der Waals surface area contributed by atoms with E-state index in [1.54, 1.807) is 19.1 Å². The van der Waals surface area contributed by atoms with Crippen molar-refractivity contribution in [2.75, 3.05) is 11.9 Å². The number of nitro groups is 1. The number of hydrogen-bond donors (Lipinski definition) is 1. The van der Waals surface area contributed by atoms with Gasteiger partial charge in [-0.1, -0.05) is 0 Å². The number of carbonyl (C=O) groups excluding carboxylic acids is 2. The van der Waals surface area contributed by atoms with Crippen LogP contribution in [-0.4, -0.2) is 23.4 Å². The zero-order chi connectivity index (χ0) is 22.3. The monoisotopic (exact) mass is 521 g/mol. The van der Waals surface area contributed by atoms with Gasteiger partial charge in [-0.2, -0.15) is 5.26 Å². The number of rotatable bonds is 7. The summed E-state index contributed by atoms with van der Waals surface area (Å²) >= 11 is 1.96. The predicted octanol–water partition coefficient (Wildman–Crippen LogP) is 4.07. The second-order valence-electron chi connectivity index (χ2n) is 5.78. The summed E-state index contributed by atoms with van der Waals surface area (Å²) < 4.78 is 11.3. The van der Waals surface area contributed by atoms with E-state index < -0.39 is 16.8 Å². The second kappa shape index (κ2) is 10.4. The van der Waals surface area contributed by atoms with E-state index in [0.29, 0.717) is 27.2 Å². The standard InChI is InChI=1S/C20H16IN3O6/c1-3-29-18-10-13(9-17(21)19(18)30-12(2)25)8-14(11-22)20(26)23-15-4-6-16(7-5-15)24(27)28/h4-10H,3H2,1-2H3,(H,23,26)/b14-8+. The second-order valence-corrected chi connectivity index (χ2v) is 6.95. The van der Waals surface area contributed by atoms with Crippen LogP contribution in [0.15, 0.2) is 42.0 Å². The van der Waals surface area contributed by atoms with Crippen molar-refractivity contribution in [3.63, 3.8) is 0 Å². The molecule has 0 saturated heterocycles. The molecule has 2 rings (SSSR count). The Bertz CT molecular complexity index is 1060. The number of nitriles is 1. The third-order valence-electron chi connectivity index (χ3n) is 3.59. The molecule has 0 fully saturated rings. The van der Waals surface area contributed by atoms with Crippen molar-refractivity contribution < 1.29 is 24.0 Å². The minimum absolute atomic E-state index is 0.116. The van der Waals surface area contributed by atoms with Gasteiger partial charge in [0.05, 0.1) is 15.1 Å². The number of non-ortho nitro benzene ring substituents is 1. The number of ether oxygens (including phenoxy) is 2. The van der Waals surface area contributed by atoms with Crippen LogP contribution in [-0.2, 0) is 9.59 Å². The van der Waals surface area contributed by atoms with Crippen molar-refractivity contribution in [1.82, 2.24) is 0 Å². The fourth-order valence-electron chi connectivity index (χ4n) is 2.36. The van der Waals surface area contributed by atoms with Crippen molar-refractivity contribution in [2.45, 2.75) is 13.8 Å². The Balaban J connectivity index is 2.31. The smallest absolute Gasteiger partial charge is 0.308 e. The van der Waals surface area contributed by atoms with Crippen LogP contribution in [0.4, 0.5) is 11.4 Å². The maximum Gasteiger partial charge on any atom is 0.308 e. The van der Waals surface area contributed by atoms with E-state index in [4.69, 9.17) is 9.47 Å². The molecule has 30 heavy (non-hydrogen) atoms. The van der Waals surface area contributed by atoms with Gasteiger partial charge in [0.25, 0.3) is 11.6 Å². The number of nitrogens with zero attached hydrogens (tertiary/aromatic N) is 2. The first-order chi connectivity index (χ1) is 14.2. The number of anilines is 1. The van der Waals surface area contributed by atoms with Gasteiger partial charge in [-0.25, -0.2) is 0 Å². The summed E-state index contributed by atoms with van der Waals surface area (Å²) in [5.74, 6) is -0.615. The van der Waals surface area contributed by atoms with Gasteiger partial charge >= 0.3 is 5.97 Å². The molecule has 10 heteroatoms. The highest BCUT2D eigenvalue weighted by Gasteiger charge is 2.16. The zero-order valence-electron chi connectivity index (χ0n) is 16.0. The fraction of sp³-hybridized carbons (Fsp3) is 0.150. The average molecular weight is 521 g/mol. The quantitative estimate of drug-likeness (QED) is 0.111. The van der Waals surface area contributed by atoms with Crippen LogP contribution < -0.4 is 14.8 Å². The summed E-state index contributed by atoms with van der Waals surface area (Å²) in [4.78, 5) is 33.9. The number of nitrogens with one attached hydrogen (secondary N) is 1. The van der Waals surface area contributed by atoms with Gasteiger partial charge < -0.3 is 14.8 Å². The number of esters is 1. The molecule has 0 heterocycles. The van der Waals surface area contributed by atoms with E-state index >= 15 is 0 Å². The van der Waals surface area contributed by atoms with Crippen LogP contribution in [0.2, 0.25) is 0 Å². The highest BCUT2D eigenvalue weighted by atomic mass is 127. The number of nitro benzene ring substituents is 1. The summed E-state index contributed by atoms with van der Waals surface area (Å²) in [6, 6.07) is 10.3. The van der Waals surface area contributed by atoms with Gasteiger partial charge in [-0.3, -0.25) is 19.7 Å². The SMILES string of the molecule is CCOc1cc(/C=C(\C#N)C(=O)Nc2ccc([N+](=O)[O-])cc2)cc(I)c1OC(C)=O. The molecule has 0 bridgehead atoms. The van der Waals surface area contributed by atoms with Crippen molar-refractivity contribution in [3.05, 3.63) is 61.2 Å². The Labute approximate surface area is 185 Å². The fourth-order valence-corrected chi connectivity index (χ4v) is 3.09. The highest BCUT2D eigenvalue weighted by Crippen LogP contribution is 2.35. The highest BCUT2D eigenvalue weighted by molar-refractivity contribution is 14.1. The Morgan fingerprint density at radius 1 is 1.30 bits per heavy atom. The van der Waals surface area contributed by atoms with Crippen molar-refractivity contribution >= 4 is 51.9 Å². The molecule has 9 nitrogen and oxygen atoms in total. The van der Waals surface area contributed by atoms with Crippen LogP contribution in [0.25, 0.3) is 6.08 Å². The Morgan fingerprint density at radius 3 is 2.50 bits per heavy atom. The molecule has 1 N–H and O–H groups in total. The third kappa shape index (κ3) is 6.02. The zero-order valence-corrected chi connectivity index (χ0v) is 18.1. The topological polar surface area (TPSA) is 132 Å². The lowest BCUT2D eigenvalue weighted by Crippen LogP contribution is -2.13. The first-order valence-electron chi connectivity index (χ1n) is 8.57. The number of carbonyl (C=O) groups is 2. The van der Waals surface area contributed by atoms with E-state index in [2.05, 4.69) is 5.32 Å². The molecule has 0 aliphatic carbocycles. The maximum absolute atomic E-state index is 12.4. The number of hydrogen-bond acceptors (Lipinski definition) is 7. The first kappa shape index (κ1) is 22.8. The maximum atomic E-state index is 12.4. The Hall–Kier alpha value is -3.46. The first-order valence-corrected chi connectivity index (χ1v) is 9.65. The molecular weight excluding hydrogens is 505 g/mol. The number of amides is 1. The van der Waals surface area contributed by atoms with E-state index in [1.807, 2.05) is 28.7 Å². The lowest BCUT2D eigenvalue weighted by atomic mass is 10.1. The van der Waals surface area contributed by atoms with Crippen molar-refractivity contribution in [3.8, 4) is 17.6 Å². The predicted molar refractivity (Wildman–Crippen MR) is 117 cm³/mol. The van der Waals surface area contributed by atoms with Crippen LogP contribution in [0.5, 0.6) is 11.5 Å². The number of benzene rings is 2. The van der Waals surface area contributed by atoms with Gasteiger partial charge in [0.2, 0.25) is 0 Å². The molecule has 0 atom stereocenters. The van der Waals surface area contributed by atoms with Crippen molar-refractivity contribution in [1.29, 1.82) is 5.26 Å². The van der Waals surface area contributed by atoms with Crippen LogP contribution in [0, 0.1) is 25.0 Å². The molecule has 0 saturated carbocycles. The summed E-state index contributed by atoms with van der Waals surface area (Å²) in [5.41, 5.74) is 0.498. The van der Waals surface area contributed by atoms with E-state index in [1.165, 1.54) is 37.3 Å². The molecule has 0 unspecified atom stereocenters. The van der Waals surface area contributed by atoms with Crippen LogP contribution in [0.3, 0.4) is 0 Å². The molecule has 0 radical (unpaired) electrons. The lowest BCUT2D eigenvalue weighted by molar-refractivity contribution is -0.384. The minimum atomic E-state index is -0.677. The van der Waals surface area contributed by atoms with Crippen LogP contribution >= 0.6 is 22.6 Å². The van der Waals surface area contributed by atoms with Gasteiger partial charge in [0, 0.05) is 24.7 Å². The minimum Gasteiger partial charge on any atom is -0.490 e. The largest absolute Gasteiger partial charge is 0.490 e.